The van der Waals surface area contributed by atoms with Gasteiger partial charge in [0.1, 0.15) is 5.82 Å². The number of carbonyl (C=O) groups is 2. The molecule has 0 radical (unpaired) electrons. The number of nitrogens with one attached hydrogen (secondary N) is 1. The average Bonchev–Trinajstić information content (AvgIpc) is 3.41. The summed E-state index contributed by atoms with van der Waals surface area (Å²) in [4.78, 5) is 33.8. The van der Waals surface area contributed by atoms with Gasteiger partial charge in [-0.3, -0.25) is 9.69 Å². The molecule has 1 atom stereocenters. The zero-order valence-corrected chi connectivity index (χ0v) is 24.8. The lowest BCUT2D eigenvalue weighted by atomic mass is 9.93. The zero-order valence-electron chi connectivity index (χ0n) is 24.8. The summed E-state index contributed by atoms with van der Waals surface area (Å²) in [6.45, 7) is 6.10. The van der Waals surface area contributed by atoms with Crippen LogP contribution in [0, 0.1) is 0 Å². The third kappa shape index (κ3) is 7.04. The largest absolute Gasteiger partial charge is 0.464 e. The summed E-state index contributed by atoms with van der Waals surface area (Å²) in [5.74, 6) is -0.841. The number of rotatable bonds is 8. The number of likely N-dealkylation sites (tertiary alicyclic amines) is 1. The molecule has 1 amide bonds. The van der Waals surface area contributed by atoms with E-state index in [1.807, 2.05) is 4.90 Å². The van der Waals surface area contributed by atoms with Crippen LogP contribution in [0.2, 0.25) is 0 Å². The molecule has 0 spiro atoms. The number of anilines is 2. The lowest BCUT2D eigenvalue weighted by molar-refractivity contribution is -0.158. The van der Waals surface area contributed by atoms with Crippen LogP contribution in [-0.2, 0) is 22.3 Å². The quantitative estimate of drug-likeness (QED) is 0.221. The van der Waals surface area contributed by atoms with Crippen LogP contribution in [0.5, 0.6) is 0 Å². The van der Waals surface area contributed by atoms with Gasteiger partial charge in [-0.2, -0.15) is 13.2 Å². The van der Waals surface area contributed by atoms with Crippen LogP contribution < -0.4 is 10.2 Å². The van der Waals surface area contributed by atoms with Gasteiger partial charge >= 0.3 is 12.1 Å². The van der Waals surface area contributed by atoms with Crippen molar-refractivity contribution in [2.24, 2.45) is 0 Å². The standard InChI is InChI=1S/C33H36F4N4O3/c1-3-44-31(43)32(34)14-17-40(18-15-32)27-12-8-24(9-13-27)30(42)39-29-19-25(21-41-16-4-5-22(41)2)28(20-38-29)23-6-10-26(11-7-23)33(35,36)37/h6-13,19-20,22H,3-5,14-18,21H2,1-2H3,(H,38,39,42)/t22-/m1/s1. The van der Waals surface area contributed by atoms with Crippen LogP contribution in [0.25, 0.3) is 11.1 Å². The summed E-state index contributed by atoms with van der Waals surface area (Å²) in [6.07, 6.45) is -0.637. The minimum absolute atomic E-state index is 0.0285. The van der Waals surface area contributed by atoms with Gasteiger partial charge in [-0.15, -0.1) is 0 Å². The van der Waals surface area contributed by atoms with Crippen molar-refractivity contribution in [2.75, 3.05) is 36.5 Å². The lowest BCUT2D eigenvalue weighted by Gasteiger charge is -2.36. The Morgan fingerprint density at radius 2 is 1.73 bits per heavy atom. The highest BCUT2D eigenvalue weighted by Crippen LogP contribution is 2.34. The number of alkyl halides is 4. The predicted octanol–water partition coefficient (Wildman–Crippen LogP) is 6.88. The van der Waals surface area contributed by atoms with Gasteiger partial charge in [-0.05, 0) is 86.8 Å². The molecular formula is C33H36F4N4O3. The highest BCUT2D eigenvalue weighted by Gasteiger charge is 2.43. The molecule has 3 aromatic rings. The molecule has 0 bridgehead atoms. The fourth-order valence-electron chi connectivity index (χ4n) is 5.84. The molecular weight excluding hydrogens is 576 g/mol. The molecule has 3 heterocycles. The zero-order chi connectivity index (χ0) is 31.5. The second-order valence-electron chi connectivity index (χ2n) is 11.4. The van der Waals surface area contributed by atoms with E-state index in [1.165, 1.54) is 12.1 Å². The Kier molecular flexibility index (Phi) is 9.24. The van der Waals surface area contributed by atoms with Crippen LogP contribution >= 0.6 is 0 Å². The molecule has 5 rings (SSSR count). The van der Waals surface area contributed by atoms with E-state index in [0.29, 0.717) is 48.2 Å². The minimum atomic E-state index is -4.42. The third-order valence-electron chi connectivity index (χ3n) is 8.51. The first-order valence-electron chi connectivity index (χ1n) is 14.9. The number of hydrogen-bond donors (Lipinski definition) is 1. The third-order valence-corrected chi connectivity index (χ3v) is 8.51. The Balaban J connectivity index is 1.29. The number of aromatic nitrogens is 1. The van der Waals surface area contributed by atoms with Crippen molar-refractivity contribution in [2.45, 2.75) is 64.0 Å². The summed E-state index contributed by atoms with van der Waals surface area (Å²) in [5.41, 5.74) is 0.705. The SMILES string of the molecule is CCOC(=O)C1(F)CCN(c2ccc(C(=O)Nc3cc(CN4CCC[C@H]4C)c(-c4ccc(C(F)(F)F)cc4)cn3)cc2)CC1. The maximum absolute atomic E-state index is 15.0. The molecule has 0 aliphatic carbocycles. The smallest absolute Gasteiger partial charge is 0.416 e. The van der Waals surface area contributed by atoms with E-state index in [9.17, 15) is 27.2 Å². The Hall–Kier alpha value is -3.99. The molecule has 2 fully saturated rings. The van der Waals surface area contributed by atoms with Crippen molar-refractivity contribution in [1.82, 2.24) is 9.88 Å². The first-order valence-corrected chi connectivity index (χ1v) is 14.9. The summed E-state index contributed by atoms with van der Waals surface area (Å²) < 4.78 is 59.2. The molecule has 2 aromatic carbocycles. The number of benzene rings is 2. The lowest BCUT2D eigenvalue weighted by Crippen LogP contribution is -2.47. The Morgan fingerprint density at radius 1 is 1.05 bits per heavy atom. The summed E-state index contributed by atoms with van der Waals surface area (Å²) >= 11 is 0. The van der Waals surface area contributed by atoms with Gasteiger partial charge in [0, 0.05) is 61.5 Å². The average molecular weight is 613 g/mol. The Morgan fingerprint density at radius 3 is 2.32 bits per heavy atom. The van der Waals surface area contributed by atoms with Gasteiger partial charge in [0.25, 0.3) is 5.91 Å². The Bertz CT molecular complexity index is 1470. The first kappa shape index (κ1) is 31.4. The van der Waals surface area contributed by atoms with Gasteiger partial charge in [0.05, 0.1) is 12.2 Å². The topological polar surface area (TPSA) is 74.8 Å². The summed E-state index contributed by atoms with van der Waals surface area (Å²) in [6, 6.07) is 14.1. The number of amides is 1. The molecule has 2 aliphatic rings. The monoisotopic (exact) mass is 612 g/mol. The van der Waals surface area contributed by atoms with Crippen LogP contribution in [-0.4, -0.2) is 59.7 Å². The number of carbonyl (C=O) groups excluding carboxylic acids is 2. The maximum atomic E-state index is 15.0. The van der Waals surface area contributed by atoms with Crippen molar-refractivity contribution in [3.8, 4) is 11.1 Å². The van der Waals surface area contributed by atoms with Crippen LogP contribution in [0.3, 0.4) is 0 Å². The van der Waals surface area contributed by atoms with Crippen LogP contribution in [0.1, 0.15) is 61.0 Å². The number of pyridine rings is 1. The van der Waals surface area contributed by atoms with E-state index in [0.717, 1.165) is 42.8 Å². The molecule has 1 aromatic heterocycles. The Labute approximate surface area is 254 Å². The van der Waals surface area contributed by atoms with Crippen molar-refractivity contribution >= 4 is 23.4 Å². The molecule has 234 valence electrons. The van der Waals surface area contributed by atoms with Crippen LogP contribution in [0.15, 0.2) is 60.8 Å². The molecule has 2 saturated heterocycles. The van der Waals surface area contributed by atoms with Gasteiger partial charge in [0.2, 0.25) is 5.67 Å². The molecule has 1 N–H and O–H groups in total. The first-order chi connectivity index (χ1) is 21.0. The summed E-state index contributed by atoms with van der Waals surface area (Å²) in [5, 5.41) is 2.84. The normalized spacial score (nSPS) is 18.7. The van der Waals surface area contributed by atoms with Gasteiger partial charge in [0.15, 0.2) is 0 Å². The fraction of sp³-hybridized carbons (Fsp3) is 0.424. The molecule has 7 nitrogen and oxygen atoms in total. The van der Waals surface area contributed by atoms with E-state index < -0.39 is 23.4 Å². The molecule has 11 heteroatoms. The van der Waals surface area contributed by atoms with Gasteiger partial charge in [-0.1, -0.05) is 12.1 Å². The number of halogens is 4. The van der Waals surface area contributed by atoms with Gasteiger partial charge in [-0.25, -0.2) is 14.2 Å². The number of nitrogens with zero attached hydrogens (tertiary/aromatic N) is 3. The van der Waals surface area contributed by atoms with E-state index in [4.69, 9.17) is 4.74 Å². The molecule has 44 heavy (non-hydrogen) atoms. The number of ether oxygens (including phenoxy) is 1. The fourth-order valence-corrected chi connectivity index (χ4v) is 5.84. The van der Waals surface area contributed by atoms with Crippen molar-refractivity contribution in [3.63, 3.8) is 0 Å². The van der Waals surface area contributed by atoms with E-state index in [-0.39, 0.29) is 25.4 Å². The molecule has 0 saturated carbocycles. The molecule has 0 unspecified atom stereocenters. The minimum Gasteiger partial charge on any atom is -0.464 e. The highest BCUT2D eigenvalue weighted by atomic mass is 19.4. The predicted molar refractivity (Wildman–Crippen MR) is 160 cm³/mol. The maximum Gasteiger partial charge on any atom is 0.416 e. The van der Waals surface area contributed by atoms with Crippen molar-refractivity contribution in [1.29, 1.82) is 0 Å². The second-order valence-corrected chi connectivity index (χ2v) is 11.4. The summed E-state index contributed by atoms with van der Waals surface area (Å²) in [7, 11) is 0. The molecule has 2 aliphatic heterocycles. The van der Waals surface area contributed by atoms with Crippen molar-refractivity contribution in [3.05, 3.63) is 77.5 Å². The number of esters is 1. The van der Waals surface area contributed by atoms with E-state index >= 15 is 0 Å². The van der Waals surface area contributed by atoms with E-state index in [1.54, 1.807) is 43.5 Å². The second kappa shape index (κ2) is 12.9. The number of piperidine rings is 1. The number of hydrogen-bond acceptors (Lipinski definition) is 6. The van der Waals surface area contributed by atoms with Crippen LogP contribution in [0.4, 0.5) is 29.1 Å². The van der Waals surface area contributed by atoms with Gasteiger partial charge < -0.3 is 15.0 Å². The highest BCUT2D eigenvalue weighted by molar-refractivity contribution is 6.04. The van der Waals surface area contributed by atoms with E-state index in [2.05, 4.69) is 22.1 Å². The van der Waals surface area contributed by atoms with Crippen molar-refractivity contribution < 1.29 is 31.9 Å².